The van der Waals surface area contributed by atoms with Crippen LogP contribution in [0.25, 0.3) is 20.8 Å². The molecule has 0 spiro atoms. The van der Waals surface area contributed by atoms with Gasteiger partial charge in [-0.25, -0.2) is 17.8 Å². The molecule has 1 heterocycles. The Bertz CT molecular complexity index is 1200. The number of halogens is 2. The Hall–Kier alpha value is -2.48. The molecular weight excluding hydrogens is 419 g/mol. The molecule has 0 unspecified atom stereocenters. The van der Waals surface area contributed by atoms with Crippen LogP contribution in [0.15, 0.2) is 66.7 Å². The van der Waals surface area contributed by atoms with E-state index in [0.717, 1.165) is 20.8 Å². The molecule has 0 saturated heterocycles. The number of thiazole rings is 1. The van der Waals surface area contributed by atoms with Crippen LogP contribution in [-0.2, 0) is 15.8 Å². The molecule has 0 radical (unpaired) electrons. The Morgan fingerprint density at radius 2 is 1.75 bits per heavy atom. The molecule has 28 heavy (non-hydrogen) atoms. The van der Waals surface area contributed by atoms with E-state index < -0.39 is 21.6 Å². The molecule has 1 aromatic heterocycles. The summed E-state index contributed by atoms with van der Waals surface area (Å²) >= 11 is 7.49. The van der Waals surface area contributed by atoms with Gasteiger partial charge in [0.1, 0.15) is 10.8 Å². The van der Waals surface area contributed by atoms with Crippen LogP contribution in [0.3, 0.4) is 0 Å². The van der Waals surface area contributed by atoms with E-state index in [4.69, 9.17) is 11.6 Å². The second-order valence-electron chi connectivity index (χ2n) is 6.13. The van der Waals surface area contributed by atoms with Crippen LogP contribution >= 0.6 is 22.9 Å². The number of nitrogens with one attached hydrogen (secondary N) is 1. The van der Waals surface area contributed by atoms with Crippen molar-refractivity contribution in [1.82, 2.24) is 4.98 Å². The first-order valence-electron chi connectivity index (χ1n) is 8.31. The molecular formula is C20H14ClFN2O2S2. The van der Waals surface area contributed by atoms with Crippen LogP contribution in [0.1, 0.15) is 5.56 Å². The van der Waals surface area contributed by atoms with Gasteiger partial charge in [0, 0.05) is 21.8 Å². The lowest BCUT2D eigenvalue weighted by Crippen LogP contribution is -2.16. The molecule has 0 atom stereocenters. The highest BCUT2D eigenvalue weighted by atomic mass is 35.5. The number of hydrogen-bond donors (Lipinski definition) is 1. The van der Waals surface area contributed by atoms with Crippen molar-refractivity contribution in [1.29, 1.82) is 0 Å². The highest BCUT2D eigenvalue weighted by Crippen LogP contribution is 2.31. The maximum Gasteiger partial charge on any atom is 0.237 e. The predicted octanol–water partition coefficient (Wildman–Crippen LogP) is 5.70. The summed E-state index contributed by atoms with van der Waals surface area (Å²) in [6.07, 6.45) is 0. The number of nitrogens with zero attached hydrogens (tertiary/aromatic N) is 1. The highest BCUT2D eigenvalue weighted by Gasteiger charge is 2.17. The molecule has 1 N–H and O–H groups in total. The van der Waals surface area contributed by atoms with Gasteiger partial charge in [-0.05, 0) is 48.5 Å². The van der Waals surface area contributed by atoms with Crippen LogP contribution in [0.5, 0.6) is 0 Å². The zero-order valence-electron chi connectivity index (χ0n) is 14.4. The SMILES string of the molecule is O=S(=O)(Cc1c(F)cccc1Cl)Nc1ccc(-c2nc3ccccc3s2)cc1. The molecule has 4 aromatic rings. The fourth-order valence-electron chi connectivity index (χ4n) is 2.75. The van der Waals surface area contributed by atoms with Gasteiger partial charge in [-0.15, -0.1) is 11.3 Å². The number of anilines is 1. The van der Waals surface area contributed by atoms with Crippen molar-refractivity contribution in [2.45, 2.75) is 5.75 Å². The van der Waals surface area contributed by atoms with Crippen LogP contribution in [0.2, 0.25) is 5.02 Å². The first-order valence-corrected chi connectivity index (χ1v) is 11.2. The third-order valence-corrected chi connectivity index (χ3v) is 6.75. The molecule has 0 fully saturated rings. The Balaban J connectivity index is 1.54. The van der Waals surface area contributed by atoms with E-state index in [2.05, 4.69) is 9.71 Å². The summed E-state index contributed by atoms with van der Waals surface area (Å²) in [5, 5.41) is 0.935. The molecule has 4 nitrogen and oxygen atoms in total. The van der Waals surface area contributed by atoms with Crippen molar-refractivity contribution in [3.63, 3.8) is 0 Å². The van der Waals surface area contributed by atoms with E-state index in [1.165, 1.54) is 18.2 Å². The van der Waals surface area contributed by atoms with Gasteiger partial charge in [0.25, 0.3) is 0 Å². The molecule has 0 aliphatic heterocycles. The number of hydrogen-bond acceptors (Lipinski definition) is 4. The minimum atomic E-state index is -3.82. The number of benzene rings is 3. The van der Waals surface area contributed by atoms with E-state index in [1.807, 2.05) is 24.3 Å². The second-order valence-corrected chi connectivity index (χ2v) is 9.29. The zero-order valence-corrected chi connectivity index (χ0v) is 16.8. The number of rotatable bonds is 5. The Morgan fingerprint density at radius 3 is 2.46 bits per heavy atom. The Morgan fingerprint density at radius 1 is 1.00 bits per heavy atom. The fraction of sp³-hybridized carbons (Fsp3) is 0.0500. The smallest absolute Gasteiger partial charge is 0.237 e. The monoisotopic (exact) mass is 432 g/mol. The number of sulfonamides is 1. The first-order chi connectivity index (χ1) is 13.4. The van der Waals surface area contributed by atoms with Crippen LogP contribution in [-0.4, -0.2) is 13.4 Å². The molecule has 3 aromatic carbocycles. The van der Waals surface area contributed by atoms with Gasteiger partial charge in [0.05, 0.1) is 16.0 Å². The average Bonchev–Trinajstić information content (AvgIpc) is 3.09. The Kier molecular flexibility index (Phi) is 5.05. The number of fused-ring (bicyclic) bond motifs is 1. The highest BCUT2D eigenvalue weighted by molar-refractivity contribution is 7.91. The predicted molar refractivity (Wildman–Crippen MR) is 113 cm³/mol. The summed E-state index contributed by atoms with van der Waals surface area (Å²) in [4.78, 5) is 4.59. The van der Waals surface area contributed by atoms with Crippen molar-refractivity contribution in [2.24, 2.45) is 0 Å². The van der Waals surface area contributed by atoms with Crippen LogP contribution in [0, 0.1) is 5.82 Å². The molecule has 142 valence electrons. The largest absolute Gasteiger partial charge is 0.283 e. The third kappa shape index (κ3) is 4.01. The average molecular weight is 433 g/mol. The summed E-state index contributed by atoms with van der Waals surface area (Å²) in [6.45, 7) is 0. The van der Waals surface area contributed by atoms with E-state index in [-0.39, 0.29) is 10.6 Å². The Labute approximate surface area is 170 Å². The minimum absolute atomic E-state index is 0.0530. The van der Waals surface area contributed by atoms with E-state index in [0.29, 0.717) is 5.69 Å². The van der Waals surface area contributed by atoms with Crippen LogP contribution < -0.4 is 4.72 Å². The van der Waals surface area contributed by atoms with Gasteiger partial charge < -0.3 is 0 Å². The summed E-state index contributed by atoms with van der Waals surface area (Å²) in [5.41, 5.74) is 2.15. The third-order valence-electron chi connectivity index (χ3n) is 4.10. The van der Waals surface area contributed by atoms with Crippen molar-refractivity contribution in [3.05, 3.63) is 83.1 Å². The van der Waals surface area contributed by atoms with E-state index in [9.17, 15) is 12.8 Å². The zero-order chi connectivity index (χ0) is 19.7. The molecule has 0 aliphatic rings. The summed E-state index contributed by atoms with van der Waals surface area (Å²) in [5.74, 6) is -1.19. The number of aromatic nitrogens is 1. The standard InChI is InChI=1S/C20H14ClFN2O2S2/c21-16-4-3-5-17(22)15(16)12-28(25,26)24-14-10-8-13(9-11-14)20-23-18-6-1-2-7-19(18)27-20/h1-11,24H,12H2. The lowest BCUT2D eigenvalue weighted by molar-refractivity contribution is 0.591. The summed E-state index contributed by atoms with van der Waals surface area (Å²) in [6, 6.07) is 18.8. The summed E-state index contributed by atoms with van der Waals surface area (Å²) < 4.78 is 42.2. The molecule has 0 aliphatic carbocycles. The molecule has 0 saturated carbocycles. The van der Waals surface area contributed by atoms with Gasteiger partial charge >= 0.3 is 0 Å². The maximum absolute atomic E-state index is 13.9. The van der Waals surface area contributed by atoms with Gasteiger partial charge in [-0.1, -0.05) is 29.8 Å². The lowest BCUT2D eigenvalue weighted by atomic mass is 10.2. The van der Waals surface area contributed by atoms with Crippen LogP contribution in [0.4, 0.5) is 10.1 Å². The molecule has 8 heteroatoms. The van der Waals surface area contributed by atoms with Gasteiger partial charge in [0.2, 0.25) is 10.0 Å². The molecule has 0 amide bonds. The first kappa shape index (κ1) is 18.9. The van der Waals surface area contributed by atoms with Crippen molar-refractivity contribution in [3.8, 4) is 10.6 Å². The van der Waals surface area contributed by atoms with Crippen molar-refractivity contribution < 1.29 is 12.8 Å². The van der Waals surface area contributed by atoms with E-state index >= 15 is 0 Å². The topological polar surface area (TPSA) is 59.1 Å². The van der Waals surface area contributed by atoms with Gasteiger partial charge in [-0.2, -0.15) is 0 Å². The maximum atomic E-state index is 13.9. The summed E-state index contributed by atoms with van der Waals surface area (Å²) in [7, 11) is -3.82. The minimum Gasteiger partial charge on any atom is -0.283 e. The van der Waals surface area contributed by atoms with Gasteiger partial charge in [-0.3, -0.25) is 4.72 Å². The second kappa shape index (κ2) is 7.50. The fourth-order valence-corrected chi connectivity index (χ4v) is 5.27. The van der Waals surface area contributed by atoms with Crippen molar-refractivity contribution >= 4 is 48.9 Å². The van der Waals surface area contributed by atoms with Crippen molar-refractivity contribution in [2.75, 3.05) is 4.72 Å². The quantitative estimate of drug-likeness (QED) is 0.440. The van der Waals surface area contributed by atoms with E-state index in [1.54, 1.807) is 35.6 Å². The molecule has 4 rings (SSSR count). The normalized spacial score (nSPS) is 11.6. The number of para-hydroxylation sites is 1. The molecule has 0 bridgehead atoms. The lowest BCUT2D eigenvalue weighted by Gasteiger charge is -2.10. The van der Waals surface area contributed by atoms with Gasteiger partial charge in [0.15, 0.2) is 0 Å².